The van der Waals surface area contributed by atoms with Crippen molar-refractivity contribution in [3.8, 4) is 17.0 Å². The van der Waals surface area contributed by atoms with Gasteiger partial charge in [-0.25, -0.2) is 4.98 Å². The number of methoxy groups -OCH3 is 1. The molecule has 0 aliphatic heterocycles. The molecule has 3 aromatic rings. The van der Waals surface area contributed by atoms with Crippen LogP contribution in [0.15, 0.2) is 48.0 Å². The molecule has 1 atom stereocenters. The van der Waals surface area contributed by atoms with E-state index in [1.54, 1.807) is 12.1 Å². The number of aromatic nitrogens is 2. The summed E-state index contributed by atoms with van der Waals surface area (Å²) >= 11 is 1.34. The van der Waals surface area contributed by atoms with E-state index in [0.717, 1.165) is 16.8 Å². The van der Waals surface area contributed by atoms with Crippen molar-refractivity contribution >= 4 is 28.3 Å². The van der Waals surface area contributed by atoms with Crippen LogP contribution >= 0.6 is 11.3 Å². The fraction of sp³-hybridized carbons (Fsp3) is 0.200. The van der Waals surface area contributed by atoms with Crippen LogP contribution in [0, 0.1) is 0 Å². The first kappa shape index (κ1) is 19.5. The third-order valence-corrected chi connectivity index (χ3v) is 4.81. The van der Waals surface area contributed by atoms with Gasteiger partial charge in [0.05, 0.1) is 18.8 Å². The molecule has 8 heteroatoms. The number of carbonyl (C=O) groups is 2. The number of amides is 2. The van der Waals surface area contributed by atoms with E-state index < -0.39 is 0 Å². The molecular weight excluding hydrogens is 376 g/mol. The number of nitrogens with zero attached hydrogens (tertiary/aromatic N) is 2. The number of benzene rings is 1. The van der Waals surface area contributed by atoms with Crippen LogP contribution in [0.4, 0.5) is 5.13 Å². The number of hydrogen-bond donors (Lipinski definition) is 2. The Morgan fingerprint density at radius 2 is 1.93 bits per heavy atom. The first-order valence-electron chi connectivity index (χ1n) is 8.60. The molecule has 2 amide bonds. The first-order chi connectivity index (χ1) is 13.5. The smallest absolute Gasteiger partial charge is 0.276 e. The molecule has 0 saturated carbocycles. The molecule has 3 rings (SSSR count). The van der Waals surface area contributed by atoms with E-state index in [4.69, 9.17) is 4.74 Å². The van der Waals surface area contributed by atoms with Gasteiger partial charge in [0.1, 0.15) is 11.4 Å². The van der Waals surface area contributed by atoms with Crippen molar-refractivity contribution < 1.29 is 14.3 Å². The predicted molar refractivity (Wildman–Crippen MR) is 109 cm³/mol. The first-order valence-corrected chi connectivity index (χ1v) is 9.48. The molecule has 2 heterocycles. The van der Waals surface area contributed by atoms with Crippen LogP contribution in [-0.4, -0.2) is 28.9 Å². The van der Waals surface area contributed by atoms with Gasteiger partial charge in [-0.3, -0.25) is 19.9 Å². The maximum atomic E-state index is 12.3. The van der Waals surface area contributed by atoms with Crippen LogP contribution in [-0.2, 0) is 4.79 Å². The lowest BCUT2D eigenvalue weighted by Gasteiger charge is -2.13. The Bertz CT molecular complexity index is 985. The molecule has 144 valence electrons. The monoisotopic (exact) mass is 396 g/mol. The van der Waals surface area contributed by atoms with Crippen LogP contribution in [0.5, 0.6) is 5.75 Å². The number of thiazole rings is 1. The van der Waals surface area contributed by atoms with Crippen molar-refractivity contribution in [2.45, 2.75) is 19.9 Å². The number of carbonyl (C=O) groups excluding carboxylic acids is 2. The van der Waals surface area contributed by atoms with Gasteiger partial charge in [-0.15, -0.1) is 11.3 Å². The number of anilines is 1. The van der Waals surface area contributed by atoms with Crippen molar-refractivity contribution in [1.29, 1.82) is 0 Å². The topological polar surface area (TPSA) is 93.2 Å². The molecule has 0 spiro atoms. The van der Waals surface area contributed by atoms with Gasteiger partial charge in [0.15, 0.2) is 5.13 Å². The summed E-state index contributed by atoms with van der Waals surface area (Å²) in [5.74, 6) is 0.148. The number of pyridine rings is 1. The maximum Gasteiger partial charge on any atom is 0.276 e. The summed E-state index contributed by atoms with van der Waals surface area (Å²) in [4.78, 5) is 32.0. The second-order valence-electron chi connectivity index (χ2n) is 6.12. The maximum absolute atomic E-state index is 12.3. The van der Waals surface area contributed by atoms with Crippen molar-refractivity contribution in [1.82, 2.24) is 15.3 Å². The molecule has 0 fully saturated rings. The lowest BCUT2D eigenvalue weighted by Crippen LogP contribution is -2.23. The average Bonchev–Trinajstić information content (AvgIpc) is 3.16. The van der Waals surface area contributed by atoms with Gasteiger partial charge in [0.2, 0.25) is 5.91 Å². The average molecular weight is 396 g/mol. The SMILES string of the molecule is COc1ccnc(C(=O)Nc2nc(-c3ccc([C@@H](C)NC(C)=O)cc3)cs2)c1. The van der Waals surface area contributed by atoms with Crippen LogP contribution in [0.25, 0.3) is 11.3 Å². The normalized spacial score (nSPS) is 11.5. The summed E-state index contributed by atoms with van der Waals surface area (Å²) in [5, 5.41) is 7.97. The molecule has 2 N–H and O–H groups in total. The molecular formula is C20H20N4O3S. The Hall–Kier alpha value is -3.26. The quantitative estimate of drug-likeness (QED) is 0.663. The number of rotatable bonds is 6. The van der Waals surface area contributed by atoms with E-state index >= 15 is 0 Å². The van der Waals surface area contributed by atoms with Crippen LogP contribution < -0.4 is 15.4 Å². The van der Waals surface area contributed by atoms with Crippen molar-refractivity contribution in [2.75, 3.05) is 12.4 Å². The Morgan fingerprint density at radius 1 is 1.18 bits per heavy atom. The Kier molecular flexibility index (Phi) is 6.00. The molecule has 1 aromatic carbocycles. The summed E-state index contributed by atoms with van der Waals surface area (Å²) in [6.45, 7) is 3.43. The van der Waals surface area contributed by atoms with Crippen LogP contribution in [0.1, 0.15) is 35.9 Å². The van der Waals surface area contributed by atoms with Gasteiger partial charge in [0.25, 0.3) is 5.91 Å². The Labute approximate surface area is 166 Å². The highest BCUT2D eigenvalue weighted by Gasteiger charge is 2.13. The van der Waals surface area contributed by atoms with Crippen LogP contribution in [0.3, 0.4) is 0 Å². The second kappa shape index (κ2) is 8.62. The predicted octanol–water partition coefficient (Wildman–Crippen LogP) is 3.66. The zero-order chi connectivity index (χ0) is 20.1. The number of nitrogens with one attached hydrogen (secondary N) is 2. The van der Waals surface area contributed by atoms with Gasteiger partial charge in [0, 0.05) is 30.1 Å². The van der Waals surface area contributed by atoms with Gasteiger partial charge in [-0.2, -0.15) is 0 Å². The van der Waals surface area contributed by atoms with Gasteiger partial charge >= 0.3 is 0 Å². The van der Waals surface area contributed by atoms with E-state index in [0.29, 0.717) is 10.9 Å². The van der Waals surface area contributed by atoms with E-state index in [-0.39, 0.29) is 23.6 Å². The summed E-state index contributed by atoms with van der Waals surface area (Å²) in [5.41, 5.74) is 2.95. The molecule has 7 nitrogen and oxygen atoms in total. The third-order valence-electron chi connectivity index (χ3n) is 4.05. The summed E-state index contributed by atoms with van der Waals surface area (Å²) < 4.78 is 5.11. The number of ether oxygens (including phenoxy) is 1. The summed E-state index contributed by atoms with van der Waals surface area (Å²) in [7, 11) is 1.53. The van der Waals surface area contributed by atoms with E-state index in [1.807, 2.05) is 36.6 Å². The lowest BCUT2D eigenvalue weighted by atomic mass is 10.1. The van der Waals surface area contributed by atoms with E-state index in [2.05, 4.69) is 20.6 Å². The molecule has 0 saturated heterocycles. The van der Waals surface area contributed by atoms with E-state index in [9.17, 15) is 9.59 Å². The molecule has 0 aliphatic rings. The second-order valence-corrected chi connectivity index (χ2v) is 6.98. The van der Waals surface area contributed by atoms with Gasteiger partial charge < -0.3 is 10.1 Å². The largest absolute Gasteiger partial charge is 0.497 e. The molecule has 0 radical (unpaired) electrons. The lowest BCUT2D eigenvalue weighted by molar-refractivity contribution is -0.119. The highest BCUT2D eigenvalue weighted by molar-refractivity contribution is 7.14. The minimum Gasteiger partial charge on any atom is -0.497 e. The minimum atomic E-state index is -0.348. The van der Waals surface area contributed by atoms with Crippen LogP contribution in [0.2, 0.25) is 0 Å². The van der Waals surface area contributed by atoms with Gasteiger partial charge in [-0.1, -0.05) is 24.3 Å². The molecule has 28 heavy (non-hydrogen) atoms. The van der Waals surface area contributed by atoms with Crippen molar-refractivity contribution in [3.05, 3.63) is 59.2 Å². The summed E-state index contributed by atoms with van der Waals surface area (Å²) in [6.07, 6.45) is 1.52. The van der Waals surface area contributed by atoms with Crippen molar-refractivity contribution in [3.63, 3.8) is 0 Å². The zero-order valence-electron chi connectivity index (χ0n) is 15.7. The summed E-state index contributed by atoms with van der Waals surface area (Å²) in [6, 6.07) is 11.0. The Balaban J connectivity index is 1.69. The molecule has 0 bridgehead atoms. The third kappa shape index (κ3) is 4.72. The number of hydrogen-bond acceptors (Lipinski definition) is 6. The van der Waals surface area contributed by atoms with Gasteiger partial charge in [-0.05, 0) is 18.6 Å². The van der Waals surface area contributed by atoms with E-state index in [1.165, 1.54) is 31.6 Å². The molecule has 0 unspecified atom stereocenters. The zero-order valence-corrected chi connectivity index (χ0v) is 16.5. The molecule has 0 aliphatic carbocycles. The molecule has 2 aromatic heterocycles. The van der Waals surface area contributed by atoms with Crippen molar-refractivity contribution in [2.24, 2.45) is 0 Å². The minimum absolute atomic E-state index is 0.0628. The fourth-order valence-corrected chi connectivity index (χ4v) is 3.33. The highest BCUT2D eigenvalue weighted by Crippen LogP contribution is 2.26. The fourth-order valence-electron chi connectivity index (χ4n) is 2.62. The standard InChI is InChI=1S/C20H20N4O3S/c1-12(22-13(2)25)14-4-6-15(7-5-14)18-11-28-20(23-18)24-19(26)17-10-16(27-3)8-9-21-17/h4-12H,1-3H3,(H,22,25)(H,23,24,26)/t12-/m1/s1. The Morgan fingerprint density at radius 3 is 2.61 bits per heavy atom. The highest BCUT2D eigenvalue weighted by atomic mass is 32.1.